The lowest BCUT2D eigenvalue weighted by Crippen LogP contribution is -2.10. The zero-order valence-electron chi connectivity index (χ0n) is 8.66. The molecule has 1 rings (SSSR count). The van der Waals surface area contributed by atoms with Gasteiger partial charge in [0.15, 0.2) is 0 Å². The van der Waals surface area contributed by atoms with E-state index in [0.29, 0.717) is 6.42 Å². The molecule has 1 unspecified atom stereocenters. The topological polar surface area (TPSA) is 37.3 Å². The Bertz CT molecular complexity index is 301. The molecular formula is C12H16O2. The van der Waals surface area contributed by atoms with Gasteiger partial charge in [-0.2, -0.15) is 0 Å². The zero-order chi connectivity index (χ0) is 10.6. The van der Waals surface area contributed by atoms with Crippen molar-refractivity contribution in [3.05, 3.63) is 35.4 Å². The van der Waals surface area contributed by atoms with E-state index in [0.717, 1.165) is 12.0 Å². The third-order valence-electron chi connectivity index (χ3n) is 2.50. The van der Waals surface area contributed by atoms with Gasteiger partial charge in [0.2, 0.25) is 0 Å². The average Bonchev–Trinajstić information content (AvgIpc) is 2.19. The van der Waals surface area contributed by atoms with Crippen LogP contribution in [0.3, 0.4) is 0 Å². The Hall–Kier alpha value is -1.31. The second-order valence-electron chi connectivity index (χ2n) is 3.39. The molecule has 0 saturated carbocycles. The van der Waals surface area contributed by atoms with Crippen LogP contribution in [0, 0.1) is 0 Å². The largest absolute Gasteiger partial charge is 0.481 e. The van der Waals surface area contributed by atoms with Crippen LogP contribution < -0.4 is 0 Å². The molecular weight excluding hydrogens is 176 g/mol. The second kappa shape index (κ2) is 4.80. The van der Waals surface area contributed by atoms with E-state index in [-0.39, 0.29) is 5.92 Å². The molecule has 0 amide bonds. The Morgan fingerprint density at radius 2 is 1.86 bits per heavy atom. The maximum absolute atomic E-state index is 10.9. The molecule has 0 aromatic heterocycles. The monoisotopic (exact) mass is 192 g/mol. The van der Waals surface area contributed by atoms with Crippen LogP contribution in [0.15, 0.2) is 24.3 Å². The lowest BCUT2D eigenvalue weighted by molar-refractivity contribution is -0.138. The molecule has 0 fully saturated rings. The molecule has 2 heteroatoms. The van der Waals surface area contributed by atoms with Crippen LogP contribution in [0.5, 0.6) is 0 Å². The van der Waals surface area contributed by atoms with Gasteiger partial charge in [-0.25, -0.2) is 0 Å². The first-order chi connectivity index (χ1) is 6.69. The minimum Gasteiger partial charge on any atom is -0.481 e. The third-order valence-corrected chi connectivity index (χ3v) is 2.50. The van der Waals surface area contributed by atoms with Gasteiger partial charge in [-0.1, -0.05) is 38.1 Å². The summed E-state index contributed by atoms with van der Waals surface area (Å²) in [5, 5.41) is 8.95. The Kier molecular flexibility index (Phi) is 3.69. The Labute approximate surface area is 84.6 Å². The fourth-order valence-corrected chi connectivity index (χ4v) is 1.54. The number of carboxylic acid groups (broad SMARTS) is 1. The Morgan fingerprint density at radius 3 is 2.21 bits per heavy atom. The van der Waals surface area contributed by atoms with Crippen molar-refractivity contribution in [2.75, 3.05) is 0 Å². The molecule has 0 aliphatic heterocycles. The summed E-state index contributed by atoms with van der Waals surface area (Å²) in [5.41, 5.74) is 2.14. The van der Waals surface area contributed by atoms with Gasteiger partial charge in [0, 0.05) is 0 Å². The van der Waals surface area contributed by atoms with E-state index in [9.17, 15) is 4.79 Å². The quantitative estimate of drug-likeness (QED) is 0.796. The highest BCUT2D eigenvalue weighted by Gasteiger charge is 2.16. The van der Waals surface area contributed by atoms with Crippen molar-refractivity contribution in [3.8, 4) is 0 Å². The number of carboxylic acids is 1. The summed E-state index contributed by atoms with van der Waals surface area (Å²) in [5.74, 6) is -1.10. The molecule has 0 spiro atoms. The predicted molar refractivity (Wildman–Crippen MR) is 56.5 cm³/mol. The predicted octanol–water partition coefficient (Wildman–Crippen LogP) is 2.83. The van der Waals surface area contributed by atoms with Crippen molar-refractivity contribution in [1.82, 2.24) is 0 Å². The summed E-state index contributed by atoms with van der Waals surface area (Å²) in [6, 6.07) is 7.84. The molecule has 0 heterocycles. The normalized spacial score (nSPS) is 12.4. The van der Waals surface area contributed by atoms with Gasteiger partial charge in [-0.15, -0.1) is 0 Å². The summed E-state index contributed by atoms with van der Waals surface area (Å²) in [6.45, 7) is 3.98. The number of hydrogen-bond donors (Lipinski definition) is 1. The molecule has 1 aromatic rings. The van der Waals surface area contributed by atoms with Gasteiger partial charge in [0.1, 0.15) is 0 Å². The molecule has 0 aliphatic rings. The summed E-state index contributed by atoms with van der Waals surface area (Å²) < 4.78 is 0. The summed E-state index contributed by atoms with van der Waals surface area (Å²) >= 11 is 0. The van der Waals surface area contributed by atoms with E-state index in [1.807, 2.05) is 31.2 Å². The minimum atomic E-state index is -0.739. The zero-order valence-corrected chi connectivity index (χ0v) is 8.66. The maximum Gasteiger partial charge on any atom is 0.310 e. The van der Waals surface area contributed by atoms with Crippen LogP contribution in [0.25, 0.3) is 0 Å². The smallest absolute Gasteiger partial charge is 0.310 e. The highest BCUT2D eigenvalue weighted by molar-refractivity contribution is 5.75. The lowest BCUT2D eigenvalue weighted by atomic mass is 9.95. The van der Waals surface area contributed by atoms with Gasteiger partial charge in [-0.3, -0.25) is 4.79 Å². The number of benzene rings is 1. The Morgan fingerprint density at radius 1 is 1.29 bits per heavy atom. The van der Waals surface area contributed by atoms with Crippen molar-refractivity contribution in [1.29, 1.82) is 0 Å². The molecule has 0 saturated heterocycles. The summed E-state index contributed by atoms with van der Waals surface area (Å²) in [4.78, 5) is 10.9. The molecule has 1 atom stereocenters. The fraction of sp³-hybridized carbons (Fsp3) is 0.417. The highest BCUT2D eigenvalue weighted by atomic mass is 16.4. The molecule has 14 heavy (non-hydrogen) atoms. The van der Waals surface area contributed by atoms with E-state index in [4.69, 9.17) is 5.11 Å². The third kappa shape index (κ3) is 2.34. The van der Waals surface area contributed by atoms with Crippen LogP contribution >= 0.6 is 0 Å². The number of aliphatic carboxylic acids is 1. The minimum absolute atomic E-state index is 0.360. The van der Waals surface area contributed by atoms with Crippen LogP contribution in [0.1, 0.15) is 37.3 Å². The summed E-state index contributed by atoms with van der Waals surface area (Å²) in [7, 11) is 0. The van der Waals surface area contributed by atoms with Crippen LogP contribution in [0.4, 0.5) is 0 Å². The number of aryl methyl sites for hydroxylation is 1. The van der Waals surface area contributed by atoms with Crippen molar-refractivity contribution >= 4 is 5.97 Å². The van der Waals surface area contributed by atoms with Gasteiger partial charge in [-0.05, 0) is 24.0 Å². The van der Waals surface area contributed by atoms with Crippen molar-refractivity contribution in [2.45, 2.75) is 32.6 Å². The van der Waals surface area contributed by atoms with E-state index in [1.54, 1.807) is 0 Å². The van der Waals surface area contributed by atoms with Crippen molar-refractivity contribution in [3.63, 3.8) is 0 Å². The standard InChI is InChI=1S/C12H16O2/c1-3-9-5-7-10(8-6-9)11(4-2)12(13)14/h5-8,11H,3-4H2,1-2H3,(H,13,14). The van der Waals surface area contributed by atoms with E-state index in [1.165, 1.54) is 5.56 Å². The number of rotatable bonds is 4. The maximum atomic E-state index is 10.9. The van der Waals surface area contributed by atoms with Crippen LogP contribution in [-0.4, -0.2) is 11.1 Å². The van der Waals surface area contributed by atoms with Crippen LogP contribution in [-0.2, 0) is 11.2 Å². The number of carbonyl (C=O) groups is 1. The van der Waals surface area contributed by atoms with Gasteiger partial charge in [0.25, 0.3) is 0 Å². The van der Waals surface area contributed by atoms with Crippen LogP contribution in [0.2, 0.25) is 0 Å². The Balaban J connectivity index is 2.89. The molecule has 0 aliphatic carbocycles. The van der Waals surface area contributed by atoms with E-state index >= 15 is 0 Å². The van der Waals surface area contributed by atoms with Gasteiger partial charge < -0.3 is 5.11 Å². The molecule has 2 nitrogen and oxygen atoms in total. The van der Waals surface area contributed by atoms with Gasteiger partial charge >= 0.3 is 5.97 Å². The molecule has 0 bridgehead atoms. The molecule has 0 radical (unpaired) electrons. The number of hydrogen-bond acceptors (Lipinski definition) is 1. The first-order valence-corrected chi connectivity index (χ1v) is 5.00. The first-order valence-electron chi connectivity index (χ1n) is 5.00. The van der Waals surface area contributed by atoms with E-state index in [2.05, 4.69) is 6.92 Å². The van der Waals surface area contributed by atoms with Crippen molar-refractivity contribution < 1.29 is 9.90 Å². The molecule has 1 aromatic carbocycles. The van der Waals surface area contributed by atoms with E-state index < -0.39 is 5.97 Å². The van der Waals surface area contributed by atoms with Gasteiger partial charge in [0.05, 0.1) is 5.92 Å². The first kappa shape index (κ1) is 10.8. The fourth-order valence-electron chi connectivity index (χ4n) is 1.54. The lowest BCUT2D eigenvalue weighted by Gasteiger charge is -2.10. The summed E-state index contributed by atoms with van der Waals surface area (Å²) in [6.07, 6.45) is 1.63. The molecule has 1 N–H and O–H groups in total. The average molecular weight is 192 g/mol. The SMILES string of the molecule is CCc1ccc(C(CC)C(=O)O)cc1. The van der Waals surface area contributed by atoms with Crippen molar-refractivity contribution in [2.24, 2.45) is 0 Å². The second-order valence-corrected chi connectivity index (χ2v) is 3.39. The molecule has 76 valence electrons. The highest BCUT2D eigenvalue weighted by Crippen LogP contribution is 2.20.